The first kappa shape index (κ1) is 9.25. The van der Waals surface area contributed by atoms with E-state index in [-0.39, 0.29) is 11.3 Å². The minimum Gasteiger partial charge on any atom is -0.508 e. The van der Waals surface area contributed by atoms with Crippen LogP contribution in [0.1, 0.15) is 11.5 Å². The van der Waals surface area contributed by atoms with Crippen molar-refractivity contribution in [3.05, 3.63) is 29.8 Å². The fraction of sp³-hybridized carbons (Fsp3) is 0.111. The van der Waals surface area contributed by atoms with Gasteiger partial charge in [0, 0.05) is 0 Å². The Labute approximate surface area is 74.4 Å². The van der Waals surface area contributed by atoms with Crippen LogP contribution in [0.2, 0.25) is 0 Å². The van der Waals surface area contributed by atoms with Gasteiger partial charge in [0.2, 0.25) is 6.29 Å². The summed E-state index contributed by atoms with van der Waals surface area (Å²) in [6.07, 6.45) is 1.38. The summed E-state index contributed by atoms with van der Waals surface area (Å²) in [5, 5.41) is 17.6. The molecule has 0 aliphatic heterocycles. The van der Waals surface area contributed by atoms with E-state index >= 15 is 0 Å². The average molecular weight is 179 g/mol. The molecule has 1 atom stereocenters. The highest BCUT2D eigenvalue weighted by Crippen LogP contribution is 2.18. The molecule has 0 aliphatic rings. The minimum atomic E-state index is -1.33. The summed E-state index contributed by atoms with van der Waals surface area (Å²) in [5.74, 6) is -2.67. The van der Waals surface area contributed by atoms with Gasteiger partial charge in [-0.05, 0) is 17.7 Å². The molecule has 1 radical (unpaired) electrons. The normalized spacial score (nSPS) is 12.0. The number of phenolic OH excluding ortho intramolecular Hbond substituents is 1. The molecule has 0 aromatic heterocycles. The Kier molecular flexibility index (Phi) is 2.64. The van der Waals surface area contributed by atoms with E-state index in [1.807, 2.05) is 0 Å². The van der Waals surface area contributed by atoms with Gasteiger partial charge in [-0.1, -0.05) is 12.1 Å². The molecule has 4 nitrogen and oxygen atoms in total. The van der Waals surface area contributed by atoms with Gasteiger partial charge in [-0.25, -0.2) is 0 Å². The van der Waals surface area contributed by atoms with Crippen LogP contribution in [-0.4, -0.2) is 22.5 Å². The third kappa shape index (κ3) is 2.05. The van der Waals surface area contributed by atoms with E-state index in [0.717, 1.165) is 0 Å². The molecule has 1 rings (SSSR count). The molecule has 4 heteroatoms. The van der Waals surface area contributed by atoms with Crippen molar-refractivity contribution in [3.63, 3.8) is 0 Å². The molecule has 0 saturated heterocycles. The number of benzene rings is 1. The van der Waals surface area contributed by atoms with Crippen molar-refractivity contribution in [2.75, 3.05) is 0 Å². The van der Waals surface area contributed by atoms with Crippen LogP contribution >= 0.6 is 0 Å². The Morgan fingerprint density at radius 3 is 2.62 bits per heavy atom. The van der Waals surface area contributed by atoms with Crippen LogP contribution in [0.15, 0.2) is 24.3 Å². The van der Waals surface area contributed by atoms with Gasteiger partial charge in [-0.15, -0.1) is 0 Å². The molecule has 13 heavy (non-hydrogen) atoms. The number of carbonyl (C=O) groups is 1. The van der Waals surface area contributed by atoms with Crippen molar-refractivity contribution in [3.8, 4) is 5.75 Å². The summed E-state index contributed by atoms with van der Waals surface area (Å²) in [4.78, 5) is 20.8. The fourth-order valence-corrected chi connectivity index (χ4v) is 0.965. The highest BCUT2D eigenvalue weighted by Gasteiger charge is 2.19. The molecule has 0 aliphatic carbocycles. The van der Waals surface area contributed by atoms with Crippen LogP contribution < -0.4 is 0 Å². The lowest BCUT2D eigenvalue weighted by atomic mass is 10.0. The number of hydrogen-bond acceptors (Lipinski definition) is 3. The average Bonchev–Trinajstić information content (AvgIpc) is 2.04. The molecule has 0 heterocycles. The third-order valence-electron chi connectivity index (χ3n) is 1.57. The maximum absolute atomic E-state index is 10.5. The smallest absolute Gasteiger partial charge is 0.319 e. The van der Waals surface area contributed by atoms with Crippen molar-refractivity contribution in [2.45, 2.75) is 5.92 Å². The highest BCUT2D eigenvalue weighted by molar-refractivity contribution is 5.93. The number of aliphatic carboxylic acids is 1. The Bertz CT molecular complexity index is 332. The van der Waals surface area contributed by atoms with Gasteiger partial charge in [-0.2, -0.15) is 0 Å². The Balaban J connectivity index is 3.04. The summed E-state index contributed by atoms with van der Waals surface area (Å²) in [5.41, 5.74) is 0.225. The number of rotatable bonds is 3. The Morgan fingerprint density at radius 1 is 1.46 bits per heavy atom. The SMILES string of the molecule is O=[C]C(C(=O)O)c1cccc(O)c1. The van der Waals surface area contributed by atoms with E-state index in [0.29, 0.717) is 0 Å². The van der Waals surface area contributed by atoms with Gasteiger partial charge in [0.05, 0.1) is 0 Å². The lowest BCUT2D eigenvalue weighted by Gasteiger charge is -2.03. The number of carbonyl (C=O) groups excluding carboxylic acids is 1. The van der Waals surface area contributed by atoms with E-state index in [1.165, 1.54) is 30.6 Å². The number of hydrogen-bond donors (Lipinski definition) is 2. The first-order valence-corrected chi connectivity index (χ1v) is 3.54. The quantitative estimate of drug-likeness (QED) is 0.669. The first-order valence-electron chi connectivity index (χ1n) is 3.54. The molecular weight excluding hydrogens is 172 g/mol. The molecule has 0 amide bonds. The zero-order valence-electron chi connectivity index (χ0n) is 6.60. The summed E-state index contributed by atoms with van der Waals surface area (Å²) in [6, 6.07) is 5.54. The summed E-state index contributed by atoms with van der Waals surface area (Å²) in [6.45, 7) is 0. The molecule has 0 fully saturated rings. The van der Waals surface area contributed by atoms with E-state index in [2.05, 4.69) is 0 Å². The largest absolute Gasteiger partial charge is 0.508 e. The van der Waals surface area contributed by atoms with Gasteiger partial charge in [0.15, 0.2) is 0 Å². The van der Waals surface area contributed by atoms with Gasteiger partial charge in [-0.3, -0.25) is 9.59 Å². The number of phenols is 1. The summed E-state index contributed by atoms with van der Waals surface area (Å²) >= 11 is 0. The van der Waals surface area contributed by atoms with E-state index in [1.54, 1.807) is 0 Å². The lowest BCUT2D eigenvalue weighted by molar-refractivity contribution is -0.137. The van der Waals surface area contributed by atoms with Crippen molar-refractivity contribution >= 4 is 12.3 Å². The van der Waals surface area contributed by atoms with Crippen LogP contribution in [0.5, 0.6) is 5.75 Å². The number of carboxylic acids is 1. The topological polar surface area (TPSA) is 74.6 Å². The Hall–Kier alpha value is -1.84. The number of aromatic hydroxyl groups is 1. The van der Waals surface area contributed by atoms with Crippen molar-refractivity contribution in [1.82, 2.24) is 0 Å². The second-order valence-corrected chi connectivity index (χ2v) is 2.48. The predicted molar refractivity (Wildman–Crippen MR) is 44.2 cm³/mol. The van der Waals surface area contributed by atoms with Crippen LogP contribution in [0, 0.1) is 0 Å². The zero-order chi connectivity index (χ0) is 9.84. The van der Waals surface area contributed by atoms with Crippen LogP contribution in [0.3, 0.4) is 0 Å². The zero-order valence-corrected chi connectivity index (χ0v) is 6.60. The van der Waals surface area contributed by atoms with Crippen molar-refractivity contribution < 1.29 is 19.8 Å². The molecule has 1 aromatic rings. The molecule has 1 unspecified atom stereocenters. The van der Waals surface area contributed by atoms with Gasteiger partial charge in [0.1, 0.15) is 11.7 Å². The van der Waals surface area contributed by atoms with E-state index < -0.39 is 11.9 Å². The van der Waals surface area contributed by atoms with Crippen LogP contribution in [-0.2, 0) is 9.59 Å². The molecular formula is C9H7O4. The molecule has 1 aromatic carbocycles. The van der Waals surface area contributed by atoms with Crippen molar-refractivity contribution in [2.24, 2.45) is 0 Å². The molecule has 0 bridgehead atoms. The monoisotopic (exact) mass is 179 g/mol. The second kappa shape index (κ2) is 3.71. The highest BCUT2D eigenvalue weighted by atomic mass is 16.4. The minimum absolute atomic E-state index is 0.0704. The first-order chi connectivity index (χ1) is 6.15. The maximum Gasteiger partial charge on any atom is 0.319 e. The maximum atomic E-state index is 10.5. The lowest BCUT2D eigenvalue weighted by Crippen LogP contribution is -2.12. The molecule has 2 N–H and O–H groups in total. The Morgan fingerprint density at radius 2 is 2.15 bits per heavy atom. The summed E-state index contributed by atoms with van der Waals surface area (Å²) < 4.78 is 0. The third-order valence-corrected chi connectivity index (χ3v) is 1.57. The van der Waals surface area contributed by atoms with E-state index in [4.69, 9.17) is 10.2 Å². The summed E-state index contributed by atoms with van der Waals surface area (Å²) in [7, 11) is 0. The van der Waals surface area contributed by atoms with E-state index in [9.17, 15) is 9.59 Å². The van der Waals surface area contributed by atoms with Gasteiger partial charge >= 0.3 is 5.97 Å². The second-order valence-electron chi connectivity index (χ2n) is 2.48. The van der Waals surface area contributed by atoms with Crippen LogP contribution in [0.25, 0.3) is 0 Å². The molecule has 67 valence electrons. The van der Waals surface area contributed by atoms with Crippen LogP contribution in [0.4, 0.5) is 0 Å². The van der Waals surface area contributed by atoms with Gasteiger partial charge in [0.25, 0.3) is 0 Å². The van der Waals surface area contributed by atoms with Crippen molar-refractivity contribution in [1.29, 1.82) is 0 Å². The predicted octanol–water partition coefficient (Wildman–Crippen LogP) is 0.670. The molecule has 0 spiro atoms. The molecule has 0 saturated carbocycles. The fourth-order valence-electron chi connectivity index (χ4n) is 0.965. The standard InChI is InChI=1S/C9H7O4/c10-5-8(9(12)13)6-2-1-3-7(11)4-6/h1-4,8,11H,(H,12,13). The van der Waals surface area contributed by atoms with Gasteiger partial charge < -0.3 is 10.2 Å². The number of carboxylic acid groups (broad SMARTS) is 1.